The third-order valence-electron chi connectivity index (χ3n) is 5.57. The molecule has 19 heavy (non-hydrogen) atoms. The highest BCUT2D eigenvalue weighted by molar-refractivity contribution is 5.80. The smallest absolute Gasteiger partial charge is 0.148 e. The van der Waals surface area contributed by atoms with Gasteiger partial charge in [0.25, 0.3) is 0 Å². The van der Waals surface area contributed by atoms with Crippen molar-refractivity contribution >= 4 is 6.29 Å². The number of carbonyl (C=O) groups excluding carboxylic acids is 1. The van der Waals surface area contributed by atoms with Crippen LogP contribution >= 0.6 is 0 Å². The number of aldehydes is 1. The number of carbonyl (C=O) groups is 1. The number of hydrogen-bond donors (Lipinski definition) is 3. The summed E-state index contributed by atoms with van der Waals surface area (Å²) in [6.45, 7) is 5.62. The fourth-order valence-electron chi connectivity index (χ4n) is 4.50. The Kier molecular flexibility index (Phi) is 2.31. The molecule has 3 aliphatic rings. The number of hydrogen-bond acceptors (Lipinski definition) is 4. The Bertz CT molecular complexity index is 483. The average molecular weight is 264 g/mol. The molecule has 4 heteroatoms. The predicted octanol–water partition coefficient (Wildman–Crippen LogP) is 0.486. The summed E-state index contributed by atoms with van der Waals surface area (Å²) in [5.41, 5.74) is -3.69. The van der Waals surface area contributed by atoms with Gasteiger partial charge in [-0.2, -0.15) is 0 Å². The molecule has 2 fully saturated rings. The maximum atomic E-state index is 11.2. The molecule has 2 saturated carbocycles. The molecule has 2 radical (unpaired) electrons. The molecular weight excluding hydrogens is 244 g/mol. The van der Waals surface area contributed by atoms with Crippen LogP contribution in [0, 0.1) is 23.2 Å². The van der Waals surface area contributed by atoms with Gasteiger partial charge in [-0.05, 0) is 24.3 Å². The van der Waals surface area contributed by atoms with Crippen molar-refractivity contribution in [3.05, 3.63) is 18.1 Å². The van der Waals surface area contributed by atoms with Crippen LogP contribution in [0.4, 0.5) is 0 Å². The van der Waals surface area contributed by atoms with E-state index in [0.717, 1.165) is 0 Å². The van der Waals surface area contributed by atoms with Gasteiger partial charge in [0.05, 0.1) is 11.7 Å². The molecule has 3 rings (SSSR count). The lowest BCUT2D eigenvalue weighted by Crippen LogP contribution is -2.69. The summed E-state index contributed by atoms with van der Waals surface area (Å²) in [5.74, 6) is -0.482. The lowest BCUT2D eigenvalue weighted by molar-refractivity contribution is -0.187. The molecule has 0 bridgehead atoms. The predicted molar refractivity (Wildman–Crippen MR) is 67.9 cm³/mol. The molecule has 0 saturated heterocycles. The lowest BCUT2D eigenvalue weighted by Gasteiger charge is -2.62. The fourth-order valence-corrected chi connectivity index (χ4v) is 4.50. The van der Waals surface area contributed by atoms with Crippen LogP contribution in [-0.4, -0.2) is 38.9 Å². The summed E-state index contributed by atoms with van der Waals surface area (Å²) < 4.78 is 0. The van der Waals surface area contributed by atoms with Gasteiger partial charge >= 0.3 is 0 Å². The molecule has 0 aromatic carbocycles. The van der Waals surface area contributed by atoms with E-state index in [0.29, 0.717) is 19.1 Å². The second kappa shape index (κ2) is 3.30. The molecule has 5 atom stereocenters. The summed E-state index contributed by atoms with van der Waals surface area (Å²) >= 11 is 0. The second-order valence-electron chi connectivity index (χ2n) is 7.28. The van der Waals surface area contributed by atoms with Crippen LogP contribution in [0.1, 0.15) is 33.6 Å². The Hall–Kier alpha value is -0.710. The van der Waals surface area contributed by atoms with E-state index < -0.39 is 34.1 Å². The minimum atomic E-state index is -1.44. The molecule has 104 valence electrons. The molecule has 0 aromatic rings. The van der Waals surface area contributed by atoms with Gasteiger partial charge in [-0.1, -0.05) is 20.8 Å². The van der Waals surface area contributed by atoms with Crippen LogP contribution in [0.3, 0.4) is 0 Å². The van der Waals surface area contributed by atoms with E-state index in [1.54, 1.807) is 0 Å². The molecule has 0 amide bonds. The van der Waals surface area contributed by atoms with Crippen LogP contribution in [0.2, 0.25) is 0 Å². The first-order valence-electron chi connectivity index (χ1n) is 6.67. The first kappa shape index (κ1) is 13.3. The standard InChI is InChI=1S/C15H20O4/c1-12(2)8-14(18)6-9(7-16)15(19)5-4-13(15,3)10(14)11(12)17/h6-7,10-11,17-19H,4,8H2,1-3H3/t10?,11-,13-,14?,15?/m1/s1. The van der Waals surface area contributed by atoms with E-state index in [4.69, 9.17) is 0 Å². The Morgan fingerprint density at radius 3 is 2.47 bits per heavy atom. The second-order valence-corrected chi connectivity index (χ2v) is 7.28. The van der Waals surface area contributed by atoms with Crippen molar-refractivity contribution in [3.8, 4) is 0 Å². The summed E-state index contributed by atoms with van der Waals surface area (Å²) in [5, 5.41) is 32.1. The van der Waals surface area contributed by atoms with Gasteiger partial charge in [-0.25, -0.2) is 0 Å². The molecule has 0 aromatic heterocycles. The van der Waals surface area contributed by atoms with Crippen molar-refractivity contribution in [2.45, 2.75) is 50.9 Å². The first-order valence-corrected chi connectivity index (χ1v) is 6.67. The van der Waals surface area contributed by atoms with Crippen molar-refractivity contribution in [1.82, 2.24) is 0 Å². The van der Waals surface area contributed by atoms with Gasteiger partial charge in [-0.3, -0.25) is 4.79 Å². The van der Waals surface area contributed by atoms with Crippen LogP contribution < -0.4 is 0 Å². The Morgan fingerprint density at radius 2 is 2.00 bits per heavy atom. The average Bonchev–Trinajstić information content (AvgIpc) is 2.49. The highest BCUT2D eigenvalue weighted by Gasteiger charge is 2.73. The molecule has 3 unspecified atom stereocenters. The van der Waals surface area contributed by atoms with Crippen LogP contribution in [0.5, 0.6) is 0 Å². The number of fused-ring (bicyclic) bond motifs is 3. The summed E-state index contributed by atoms with van der Waals surface area (Å²) in [6.07, 6.45) is 5.04. The zero-order valence-electron chi connectivity index (χ0n) is 11.5. The van der Waals surface area contributed by atoms with E-state index >= 15 is 0 Å². The maximum Gasteiger partial charge on any atom is 0.148 e. The SMILES string of the molecule is CC1(C)CC2(O)C=C(C=O)C3(O)[C]C[C@]3(C)C2[C@H]1O. The zero-order chi connectivity index (χ0) is 14.3. The van der Waals surface area contributed by atoms with Gasteiger partial charge < -0.3 is 15.3 Å². The van der Waals surface area contributed by atoms with E-state index in [1.807, 2.05) is 20.8 Å². The van der Waals surface area contributed by atoms with Crippen molar-refractivity contribution in [3.63, 3.8) is 0 Å². The van der Waals surface area contributed by atoms with Crippen LogP contribution in [0.25, 0.3) is 0 Å². The number of rotatable bonds is 1. The molecular formula is C15H20O4. The van der Waals surface area contributed by atoms with Gasteiger partial charge in [0.1, 0.15) is 11.9 Å². The maximum absolute atomic E-state index is 11.2. The Morgan fingerprint density at radius 1 is 1.37 bits per heavy atom. The van der Waals surface area contributed by atoms with E-state index in [9.17, 15) is 20.1 Å². The summed E-state index contributed by atoms with van der Waals surface area (Å²) in [6, 6.07) is 0. The number of aliphatic hydroxyl groups is 3. The van der Waals surface area contributed by atoms with E-state index in [2.05, 4.69) is 6.42 Å². The third-order valence-corrected chi connectivity index (χ3v) is 5.57. The summed E-state index contributed by atoms with van der Waals surface area (Å²) in [7, 11) is 0. The van der Waals surface area contributed by atoms with Crippen LogP contribution in [0.15, 0.2) is 11.6 Å². The number of aliphatic hydroxyl groups excluding tert-OH is 1. The highest BCUT2D eigenvalue weighted by atomic mass is 16.3. The molecule has 0 spiro atoms. The van der Waals surface area contributed by atoms with Crippen molar-refractivity contribution in [2.75, 3.05) is 0 Å². The van der Waals surface area contributed by atoms with Crippen molar-refractivity contribution < 1.29 is 20.1 Å². The molecule has 0 aliphatic heterocycles. The highest BCUT2D eigenvalue weighted by Crippen LogP contribution is 2.68. The minimum absolute atomic E-state index is 0.171. The Balaban J connectivity index is 2.20. The first-order chi connectivity index (χ1) is 8.61. The van der Waals surface area contributed by atoms with Gasteiger partial charge in [-0.15, -0.1) is 0 Å². The van der Waals surface area contributed by atoms with Gasteiger partial charge in [0.2, 0.25) is 0 Å². The van der Waals surface area contributed by atoms with Gasteiger partial charge in [0.15, 0.2) is 0 Å². The Labute approximate surface area is 113 Å². The van der Waals surface area contributed by atoms with Crippen molar-refractivity contribution in [2.24, 2.45) is 16.7 Å². The quantitative estimate of drug-likeness (QED) is 0.602. The lowest BCUT2D eigenvalue weighted by atomic mass is 9.44. The van der Waals surface area contributed by atoms with Gasteiger partial charge in [0, 0.05) is 23.3 Å². The summed E-state index contributed by atoms with van der Waals surface area (Å²) in [4.78, 5) is 11.2. The van der Waals surface area contributed by atoms with E-state index in [-0.39, 0.29) is 5.57 Å². The molecule has 4 nitrogen and oxygen atoms in total. The monoisotopic (exact) mass is 264 g/mol. The largest absolute Gasteiger partial charge is 0.392 e. The topological polar surface area (TPSA) is 77.8 Å². The molecule has 0 heterocycles. The molecule has 3 aliphatic carbocycles. The normalized spacial score (nSPS) is 54.7. The van der Waals surface area contributed by atoms with Crippen LogP contribution in [-0.2, 0) is 4.79 Å². The zero-order valence-corrected chi connectivity index (χ0v) is 11.5. The molecule has 3 N–H and O–H groups in total. The van der Waals surface area contributed by atoms with E-state index in [1.165, 1.54) is 6.08 Å². The third kappa shape index (κ3) is 1.28. The fraction of sp³-hybridized carbons (Fsp3) is 0.733. The van der Waals surface area contributed by atoms with Crippen molar-refractivity contribution in [1.29, 1.82) is 0 Å². The minimum Gasteiger partial charge on any atom is -0.392 e.